The van der Waals surface area contributed by atoms with E-state index >= 15 is 0 Å². The summed E-state index contributed by atoms with van der Waals surface area (Å²) in [5.74, 6) is -0.273. The maximum atomic E-state index is 12.7. The van der Waals surface area contributed by atoms with Crippen LogP contribution in [0.5, 0.6) is 0 Å². The molecule has 2 rings (SSSR count). The first kappa shape index (κ1) is 14.3. The first-order chi connectivity index (χ1) is 9.16. The molecule has 0 aliphatic heterocycles. The molecule has 0 spiro atoms. The second-order valence-electron chi connectivity index (χ2n) is 4.72. The molecule has 0 bridgehead atoms. The van der Waals surface area contributed by atoms with Crippen LogP contribution in [-0.4, -0.2) is 15.3 Å². The van der Waals surface area contributed by atoms with Crippen molar-refractivity contribution < 1.29 is 18.0 Å². The zero-order chi connectivity index (χ0) is 15.1. The lowest BCUT2D eigenvalue weighted by atomic mass is 10.2. The average Bonchev–Trinajstić information content (AvgIpc) is 3.05. The second kappa shape index (κ2) is 4.46. The lowest BCUT2D eigenvalue weighted by Crippen LogP contribution is -2.38. The number of nitrogens with zero attached hydrogens (tertiary/aromatic N) is 1. The number of rotatable bonds is 3. The van der Waals surface area contributed by atoms with Crippen LogP contribution in [0.25, 0.3) is 0 Å². The standard InChI is InChI=1S/C12H11F3N2O3/c1-7(18)2-3-11(4-5-11)17-6-8(12(13,14)15)9(19)16-10(17)20/h2-3,6H,4-5H2,1H3,(H,16,19,20)/b3-2+. The van der Waals surface area contributed by atoms with E-state index in [0.717, 1.165) is 4.57 Å². The Hall–Kier alpha value is -2.12. The van der Waals surface area contributed by atoms with Gasteiger partial charge in [0.05, 0.1) is 5.54 Å². The molecule has 0 unspecified atom stereocenters. The van der Waals surface area contributed by atoms with Gasteiger partial charge in [-0.25, -0.2) is 4.79 Å². The van der Waals surface area contributed by atoms with Crippen molar-refractivity contribution in [3.8, 4) is 0 Å². The van der Waals surface area contributed by atoms with E-state index in [0.29, 0.717) is 19.0 Å². The number of carbonyl (C=O) groups is 1. The summed E-state index contributed by atoms with van der Waals surface area (Å²) in [7, 11) is 0. The Morgan fingerprint density at radius 1 is 1.40 bits per heavy atom. The van der Waals surface area contributed by atoms with Gasteiger partial charge in [0.2, 0.25) is 0 Å². The Bertz CT molecular complexity index is 693. The summed E-state index contributed by atoms with van der Waals surface area (Å²) < 4.78 is 38.9. The SMILES string of the molecule is CC(=O)/C=C/C1(n2cc(C(F)(F)F)c(=O)[nH]c2=O)CC1. The van der Waals surface area contributed by atoms with Crippen molar-refractivity contribution in [2.24, 2.45) is 0 Å². The highest BCUT2D eigenvalue weighted by molar-refractivity contribution is 5.87. The van der Waals surface area contributed by atoms with Gasteiger partial charge in [-0.3, -0.25) is 19.1 Å². The van der Waals surface area contributed by atoms with Crippen LogP contribution in [-0.2, 0) is 16.5 Å². The van der Waals surface area contributed by atoms with E-state index in [-0.39, 0.29) is 5.78 Å². The predicted molar refractivity (Wildman–Crippen MR) is 63.4 cm³/mol. The minimum atomic E-state index is -4.84. The normalized spacial score (nSPS) is 17.4. The Morgan fingerprint density at radius 3 is 2.45 bits per heavy atom. The van der Waals surface area contributed by atoms with Crippen LogP contribution in [0.2, 0.25) is 0 Å². The number of hydrogen-bond acceptors (Lipinski definition) is 3. The van der Waals surface area contributed by atoms with E-state index in [2.05, 4.69) is 0 Å². The summed E-state index contributed by atoms with van der Waals surface area (Å²) in [6, 6.07) is 0. The molecule has 1 aromatic heterocycles. The maximum absolute atomic E-state index is 12.7. The molecule has 1 aromatic rings. The monoisotopic (exact) mass is 288 g/mol. The van der Waals surface area contributed by atoms with E-state index in [1.54, 1.807) is 4.98 Å². The number of allylic oxidation sites excluding steroid dienone is 2. The smallest absolute Gasteiger partial charge is 0.295 e. The molecule has 1 aliphatic rings. The van der Waals surface area contributed by atoms with Crippen molar-refractivity contribution in [2.75, 3.05) is 0 Å². The molecule has 1 heterocycles. The fraction of sp³-hybridized carbons (Fsp3) is 0.417. The lowest BCUT2D eigenvalue weighted by Gasteiger charge is -2.16. The Labute approximate surface area is 110 Å². The molecule has 1 fully saturated rings. The summed E-state index contributed by atoms with van der Waals surface area (Å²) in [5, 5.41) is 0. The zero-order valence-corrected chi connectivity index (χ0v) is 10.5. The van der Waals surface area contributed by atoms with E-state index < -0.39 is 28.5 Å². The third-order valence-corrected chi connectivity index (χ3v) is 3.12. The van der Waals surface area contributed by atoms with Crippen LogP contribution >= 0.6 is 0 Å². The van der Waals surface area contributed by atoms with Crippen LogP contribution in [0.1, 0.15) is 25.3 Å². The van der Waals surface area contributed by atoms with E-state index in [9.17, 15) is 27.6 Å². The summed E-state index contributed by atoms with van der Waals surface area (Å²) in [6.45, 7) is 1.30. The number of carbonyl (C=O) groups excluding carboxylic acids is 1. The quantitative estimate of drug-likeness (QED) is 0.849. The fourth-order valence-electron chi connectivity index (χ4n) is 1.89. The molecular formula is C12H11F3N2O3. The molecule has 0 atom stereocenters. The van der Waals surface area contributed by atoms with Crippen molar-refractivity contribution in [2.45, 2.75) is 31.5 Å². The van der Waals surface area contributed by atoms with Gasteiger partial charge in [0.15, 0.2) is 5.78 Å². The Kier molecular flexibility index (Phi) is 3.19. The van der Waals surface area contributed by atoms with Crippen LogP contribution in [0.15, 0.2) is 27.9 Å². The number of alkyl halides is 3. The van der Waals surface area contributed by atoms with Crippen molar-refractivity contribution in [1.29, 1.82) is 0 Å². The Balaban J connectivity index is 2.56. The molecule has 0 saturated heterocycles. The third kappa shape index (κ3) is 2.59. The first-order valence-corrected chi connectivity index (χ1v) is 5.79. The summed E-state index contributed by atoms with van der Waals surface area (Å²) in [6.07, 6.45) is -0.866. The van der Waals surface area contributed by atoms with Gasteiger partial charge in [-0.1, -0.05) is 6.08 Å². The van der Waals surface area contributed by atoms with E-state index in [1.807, 2.05) is 0 Å². The molecule has 8 heteroatoms. The number of aromatic amines is 1. The topological polar surface area (TPSA) is 71.9 Å². The molecule has 108 valence electrons. The predicted octanol–water partition coefficient (Wildman–Crippen LogP) is 1.19. The summed E-state index contributed by atoms with van der Waals surface area (Å²) in [5.41, 5.74) is -4.77. The van der Waals surface area contributed by atoms with E-state index in [1.165, 1.54) is 19.1 Å². The highest BCUT2D eigenvalue weighted by Crippen LogP contribution is 2.44. The van der Waals surface area contributed by atoms with Gasteiger partial charge in [-0.15, -0.1) is 0 Å². The van der Waals surface area contributed by atoms with Gasteiger partial charge in [-0.2, -0.15) is 13.2 Å². The van der Waals surface area contributed by atoms with Crippen LogP contribution < -0.4 is 11.2 Å². The molecule has 1 saturated carbocycles. The van der Waals surface area contributed by atoms with Gasteiger partial charge in [0.1, 0.15) is 5.56 Å². The first-order valence-electron chi connectivity index (χ1n) is 5.79. The van der Waals surface area contributed by atoms with Gasteiger partial charge in [0.25, 0.3) is 5.56 Å². The number of halogens is 3. The number of ketones is 1. The van der Waals surface area contributed by atoms with Crippen molar-refractivity contribution in [3.05, 3.63) is 44.8 Å². The van der Waals surface area contributed by atoms with Crippen LogP contribution in [0.3, 0.4) is 0 Å². The molecule has 0 amide bonds. The largest absolute Gasteiger partial charge is 0.423 e. The molecule has 1 aliphatic carbocycles. The maximum Gasteiger partial charge on any atom is 0.423 e. The minimum absolute atomic E-state index is 0.273. The van der Waals surface area contributed by atoms with Crippen LogP contribution in [0.4, 0.5) is 13.2 Å². The summed E-state index contributed by atoms with van der Waals surface area (Å²) in [4.78, 5) is 35.4. The van der Waals surface area contributed by atoms with Gasteiger partial charge in [0, 0.05) is 6.20 Å². The molecule has 1 N–H and O–H groups in total. The molecule has 5 nitrogen and oxygen atoms in total. The molecule has 20 heavy (non-hydrogen) atoms. The molecule has 0 aromatic carbocycles. The van der Waals surface area contributed by atoms with Gasteiger partial charge < -0.3 is 0 Å². The lowest BCUT2D eigenvalue weighted by molar-refractivity contribution is -0.139. The number of H-pyrrole nitrogens is 1. The van der Waals surface area contributed by atoms with Gasteiger partial charge in [-0.05, 0) is 25.8 Å². The van der Waals surface area contributed by atoms with Crippen LogP contribution in [0, 0.1) is 0 Å². The third-order valence-electron chi connectivity index (χ3n) is 3.12. The number of nitrogens with one attached hydrogen (secondary N) is 1. The molecular weight excluding hydrogens is 277 g/mol. The molecule has 0 radical (unpaired) electrons. The average molecular weight is 288 g/mol. The van der Waals surface area contributed by atoms with Crippen molar-refractivity contribution >= 4 is 5.78 Å². The second-order valence-corrected chi connectivity index (χ2v) is 4.72. The Morgan fingerprint density at radius 2 is 2.00 bits per heavy atom. The van der Waals surface area contributed by atoms with Crippen molar-refractivity contribution in [3.63, 3.8) is 0 Å². The summed E-state index contributed by atoms with van der Waals surface area (Å²) >= 11 is 0. The zero-order valence-electron chi connectivity index (χ0n) is 10.5. The van der Waals surface area contributed by atoms with Crippen molar-refractivity contribution in [1.82, 2.24) is 9.55 Å². The number of hydrogen-bond donors (Lipinski definition) is 1. The minimum Gasteiger partial charge on any atom is -0.295 e. The highest BCUT2D eigenvalue weighted by Gasteiger charge is 2.45. The fourth-order valence-corrected chi connectivity index (χ4v) is 1.89. The highest BCUT2D eigenvalue weighted by atomic mass is 19.4. The van der Waals surface area contributed by atoms with E-state index in [4.69, 9.17) is 0 Å². The number of aromatic nitrogens is 2. The van der Waals surface area contributed by atoms with Gasteiger partial charge >= 0.3 is 11.9 Å².